The van der Waals surface area contributed by atoms with E-state index >= 15 is 0 Å². The van der Waals surface area contributed by atoms with E-state index in [4.69, 9.17) is 22.5 Å². The summed E-state index contributed by atoms with van der Waals surface area (Å²) in [5.41, 5.74) is 6.65. The highest BCUT2D eigenvalue weighted by Crippen LogP contribution is 2.09. The second-order valence-corrected chi connectivity index (χ2v) is 4.61. The number of unbranched alkanes of at least 4 members (excludes halogenated alkanes) is 1. The lowest BCUT2D eigenvalue weighted by atomic mass is 10.1. The van der Waals surface area contributed by atoms with Crippen LogP contribution >= 0.6 is 11.6 Å². The number of hydrogen-bond acceptors (Lipinski definition) is 3. The van der Waals surface area contributed by atoms with Gasteiger partial charge in [-0.2, -0.15) is 0 Å². The third kappa shape index (κ3) is 6.47. The third-order valence-corrected chi connectivity index (χ3v) is 2.92. The van der Waals surface area contributed by atoms with E-state index in [0.29, 0.717) is 12.3 Å². The number of nitrogens with zero attached hydrogens (tertiary/aromatic N) is 1. The molecule has 0 saturated heterocycles. The predicted octanol–water partition coefficient (Wildman–Crippen LogP) is 2.39. The maximum Gasteiger partial charge on any atom is 0.139 e. The first kappa shape index (κ1) is 14.8. The molecule has 4 N–H and O–H groups in total. The number of nitrogens with one attached hydrogen (secondary N) is 1. The molecule has 0 aliphatic rings. The molecular formula is C13H20ClN3O. The number of oxime groups is 1. The Balaban J connectivity index is 2.00. The van der Waals surface area contributed by atoms with Crippen LogP contribution in [0.3, 0.4) is 0 Å². The fraction of sp³-hybridized carbons (Fsp3) is 0.462. The van der Waals surface area contributed by atoms with Gasteiger partial charge in [-0.3, -0.25) is 0 Å². The molecule has 1 aromatic rings. The summed E-state index contributed by atoms with van der Waals surface area (Å²) >= 11 is 5.81. The first-order valence-electron chi connectivity index (χ1n) is 6.14. The van der Waals surface area contributed by atoms with Crippen LogP contribution in [-0.4, -0.2) is 24.1 Å². The topological polar surface area (TPSA) is 70.6 Å². The molecule has 100 valence electrons. The number of rotatable bonds is 8. The normalized spacial score (nSPS) is 11.7. The summed E-state index contributed by atoms with van der Waals surface area (Å²) < 4.78 is 0. The Morgan fingerprint density at radius 3 is 2.61 bits per heavy atom. The van der Waals surface area contributed by atoms with E-state index in [9.17, 15) is 0 Å². The van der Waals surface area contributed by atoms with Crippen molar-refractivity contribution in [3.63, 3.8) is 0 Å². The minimum Gasteiger partial charge on any atom is -0.409 e. The van der Waals surface area contributed by atoms with E-state index in [1.807, 2.05) is 24.3 Å². The molecule has 0 unspecified atom stereocenters. The second kappa shape index (κ2) is 8.78. The van der Waals surface area contributed by atoms with Crippen molar-refractivity contribution in [2.45, 2.75) is 25.7 Å². The van der Waals surface area contributed by atoms with Gasteiger partial charge >= 0.3 is 0 Å². The molecule has 0 spiro atoms. The summed E-state index contributed by atoms with van der Waals surface area (Å²) in [7, 11) is 0. The van der Waals surface area contributed by atoms with Crippen LogP contribution in [0.15, 0.2) is 29.4 Å². The Morgan fingerprint density at radius 1 is 1.22 bits per heavy atom. The second-order valence-electron chi connectivity index (χ2n) is 4.17. The lowest BCUT2D eigenvalue weighted by molar-refractivity contribution is 0.316. The lowest BCUT2D eigenvalue weighted by Crippen LogP contribution is -2.19. The van der Waals surface area contributed by atoms with Gasteiger partial charge in [0.25, 0.3) is 0 Å². The van der Waals surface area contributed by atoms with Crippen LogP contribution in [0.4, 0.5) is 0 Å². The Kier molecular flexibility index (Phi) is 7.22. The van der Waals surface area contributed by atoms with Crippen molar-refractivity contribution >= 4 is 17.4 Å². The average molecular weight is 270 g/mol. The summed E-state index contributed by atoms with van der Waals surface area (Å²) in [4.78, 5) is 0. The van der Waals surface area contributed by atoms with Crippen LogP contribution in [0.25, 0.3) is 0 Å². The molecule has 4 nitrogen and oxygen atoms in total. The molecule has 18 heavy (non-hydrogen) atoms. The van der Waals surface area contributed by atoms with Crippen molar-refractivity contribution < 1.29 is 5.21 Å². The van der Waals surface area contributed by atoms with Gasteiger partial charge in [-0.1, -0.05) is 28.9 Å². The van der Waals surface area contributed by atoms with Gasteiger partial charge in [0.05, 0.1) is 0 Å². The Bertz CT molecular complexity index is 365. The minimum atomic E-state index is 0.302. The fourth-order valence-electron chi connectivity index (χ4n) is 1.61. The predicted molar refractivity (Wildman–Crippen MR) is 75.3 cm³/mol. The van der Waals surface area contributed by atoms with Crippen molar-refractivity contribution in [1.29, 1.82) is 0 Å². The van der Waals surface area contributed by atoms with Crippen LogP contribution in [0.5, 0.6) is 0 Å². The Hall–Kier alpha value is -1.26. The van der Waals surface area contributed by atoms with Crippen molar-refractivity contribution in [2.75, 3.05) is 13.1 Å². The van der Waals surface area contributed by atoms with Gasteiger partial charge in [-0.25, -0.2) is 0 Å². The Labute approximate surface area is 113 Å². The average Bonchev–Trinajstić information content (AvgIpc) is 2.39. The minimum absolute atomic E-state index is 0.302. The summed E-state index contributed by atoms with van der Waals surface area (Å²) in [6, 6.07) is 7.91. The van der Waals surface area contributed by atoms with E-state index in [2.05, 4.69) is 10.5 Å². The largest absolute Gasteiger partial charge is 0.409 e. The lowest BCUT2D eigenvalue weighted by Gasteiger charge is -2.05. The molecule has 0 aliphatic heterocycles. The fourth-order valence-corrected chi connectivity index (χ4v) is 1.74. The highest BCUT2D eigenvalue weighted by Gasteiger charge is 1.95. The molecule has 0 bridgehead atoms. The molecule has 0 saturated carbocycles. The maximum absolute atomic E-state index is 8.36. The van der Waals surface area contributed by atoms with Crippen LogP contribution < -0.4 is 11.1 Å². The van der Waals surface area contributed by atoms with E-state index in [1.165, 1.54) is 5.56 Å². The van der Waals surface area contributed by atoms with E-state index in [1.54, 1.807) is 0 Å². The molecule has 0 heterocycles. The van der Waals surface area contributed by atoms with Crippen LogP contribution in [0.1, 0.15) is 24.8 Å². The van der Waals surface area contributed by atoms with Gasteiger partial charge in [0, 0.05) is 11.4 Å². The molecule has 0 aromatic heterocycles. The number of amidine groups is 1. The van der Waals surface area contributed by atoms with Crippen LogP contribution in [0.2, 0.25) is 5.02 Å². The van der Waals surface area contributed by atoms with Crippen LogP contribution in [0, 0.1) is 0 Å². The zero-order valence-electron chi connectivity index (χ0n) is 10.4. The smallest absolute Gasteiger partial charge is 0.139 e. The molecule has 1 aromatic carbocycles. The summed E-state index contributed by atoms with van der Waals surface area (Å²) in [6.45, 7) is 1.90. The van der Waals surface area contributed by atoms with E-state index in [-0.39, 0.29) is 0 Å². The molecular weight excluding hydrogens is 250 g/mol. The van der Waals surface area contributed by atoms with Crippen molar-refractivity contribution in [3.8, 4) is 0 Å². The highest BCUT2D eigenvalue weighted by atomic mass is 35.5. The summed E-state index contributed by atoms with van der Waals surface area (Å²) in [6.07, 6.45) is 3.60. The van der Waals surface area contributed by atoms with Crippen molar-refractivity contribution in [1.82, 2.24) is 5.32 Å². The monoisotopic (exact) mass is 269 g/mol. The standard InChI is InChI=1S/C13H20ClN3O/c14-12-6-4-11(5-7-12)8-10-16-9-2-1-3-13(15)17-18/h4-7,16,18H,1-3,8-10H2,(H2,15,17). The highest BCUT2D eigenvalue weighted by molar-refractivity contribution is 6.30. The first-order valence-corrected chi connectivity index (χ1v) is 6.51. The van der Waals surface area contributed by atoms with Gasteiger partial charge < -0.3 is 16.3 Å². The third-order valence-electron chi connectivity index (χ3n) is 2.67. The quantitative estimate of drug-likeness (QED) is 0.223. The van der Waals surface area contributed by atoms with Gasteiger partial charge in [0.2, 0.25) is 0 Å². The molecule has 0 radical (unpaired) electrons. The van der Waals surface area contributed by atoms with Gasteiger partial charge in [-0.05, 0) is 50.0 Å². The summed E-state index contributed by atoms with van der Waals surface area (Å²) in [5.74, 6) is 0.302. The molecule has 5 heteroatoms. The SMILES string of the molecule is NC(CCCCNCCc1ccc(Cl)cc1)=NO. The molecule has 0 amide bonds. The Morgan fingerprint density at radius 2 is 1.94 bits per heavy atom. The van der Waals surface area contributed by atoms with Crippen LogP contribution in [-0.2, 0) is 6.42 Å². The van der Waals surface area contributed by atoms with Gasteiger partial charge in [-0.15, -0.1) is 0 Å². The van der Waals surface area contributed by atoms with E-state index < -0.39 is 0 Å². The van der Waals surface area contributed by atoms with Crippen molar-refractivity contribution in [2.24, 2.45) is 10.9 Å². The van der Waals surface area contributed by atoms with Gasteiger partial charge in [0.15, 0.2) is 0 Å². The molecule has 0 aliphatic carbocycles. The molecule has 1 rings (SSSR count). The van der Waals surface area contributed by atoms with E-state index in [0.717, 1.165) is 37.4 Å². The van der Waals surface area contributed by atoms with Crippen molar-refractivity contribution in [3.05, 3.63) is 34.9 Å². The van der Waals surface area contributed by atoms with Gasteiger partial charge in [0.1, 0.15) is 5.84 Å². The zero-order chi connectivity index (χ0) is 13.2. The summed E-state index contributed by atoms with van der Waals surface area (Å²) in [5, 5.41) is 15.4. The number of hydrogen-bond donors (Lipinski definition) is 3. The number of halogens is 1. The molecule has 0 fully saturated rings. The number of nitrogens with two attached hydrogens (primary N) is 1. The zero-order valence-corrected chi connectivity index (χ0v) is 11.2. The number of benzene rings is 1. The maximum atomic E-state index is 8.36. The molecule has 0 atom stereocenters. The first-order chi connectivity index (χ1) is 8.72.